The molecule has 0 aliphatic heterocycles. The molecular weight excluding hydrogens is 363 g/mol. The van der Waals surface area contributed by atoms with E-state index in [1.807, 2.05) is 35.0 Å². The lowest BCUT2D eigenvalue weighted by Crippen LogP contribution is -2.34. The molecule has 1 aromatic carbocycles. The highest BCUT2D eigenvalue weighted by atomic mass is 32.2. The van der Waals surface area contributed by atoms with Gasteiger partial charge in [-0.25, -0.2) is 13.2 Å². The Labute approximate surface area is 142 Å². The van der Waals surface area contributed by atoms with Crippen LogP contribution in [0.25, 0.3) is 0 Å². The topological polar surface area (TPSA) is 87.4 Å². The van der Waals surface area contributed by atoms with Gasteiger partial charge in [-0.2, -0.15) is 17.7 Å². The average Bonchev–Trinajstić information content (AvgIpc) is 2.54. The molecular formula is C15H14F3NO5S. The summed E-state index contributed by atoms with van der Waals surface area (Å²) in [5.74, 6) is -0.313. The van der Waals surface area contributed by atoms with Crippen LogP contribution in [0.15, 0.2) is 54.9 Å². The van der Waals surface area contributed by atoms with Crippen LogP contribution < -0.4 is 4.57 Å². The molecule has 0 fully saturated rings. The Balaban J connectivity index is 0.000000333. The van der Waals surface area contributed by atoms with Gasteiger partial charge >= 0.3 is 11.5 Å². The molecule has 1 heterocycles. The maximum absolute atomic E-state index is 11.4. The number of alkyl halides is 3. The van der Waals surface area contributed by atoms with Crippen molar-refractivity contribution < 1.29 is 40.2 Å². The summed E-state index contributed by atoms with van der Waals surface area (Å²) in [5.41, 5.74) is -3.89. The van der Waals surface area contributed by atoms with Crippen molar-refractivity contribution in [1.29, 1.82) is 0 Å². The fourth-order valence-electron chi connectivity index (χ4n) is 1.65. The summed E-state index contributed by atoms with van der Waals surface area (Å²) in [6.07, 6.45) is 3.72. The Hall–Kier alpha value is -2.46. The monoisotopic (exact) mass is 377 g/mol. The van der Waals surface area contributed by atoms with Crippen molar-refractivity contribution in [3.63, 3.8) is 0 Å². The van der Waals surface area contributed by atoms with Gasteiger partial charge in [0.05, 0.1) is 7.11 Å². The molecule has 1 aromatic heterocycles. The molecule has 0 spiro atoms. The summed E-state index contributed by atoms with van der Waals surface area (Å²) in [6, 6.07) is 13.7. The van der Waals surface area contributed by atoms with Gasteiger partial charge in [-0.05, 0) is 6.07 Å². The summed E-state index contributed by atoms with van der Waals surface area (Å²) in [7, 11) is -4.70. The third-order valence-corrected chi connectivity index (χ3v) is 3.34. The molecule has 6 nitrogen and oxygen atoms in total. The number of hydrogen-bond donors (Lipinski definition) is 0. The van der Waals surface area contributed by atoms with Crippen molar-refractivity contribution in [2.75, 3.05) is 7.11 Å². The lowest BCUT2D eigenvalue weighted by molar-refractivity contribution is -0.688. The minimum Gasteiger partial charge on any atom is -0.741 e. The molecule has 0 radical (unpaired) electrons. The summed E-state index contributed by atoms with van der Waals surface area (Å²) < 4.78 is 65.6. The minimum atomic E-state index is -6.09. The Morgan fingerprint density at radius 2 is 1.72 bits per heavy atom. The molecule has 0 unspecified atom stereocenters. The maximum atomic E-state index is 11.4. The van der Waals surface area contributed by atoms with Crippen molar-refractivity contribution in [1.82, 2.24) is 0 Å². The van der Waals surface area contributed by atoms with Crippen LogP contribution in [0.2, 0.25) is 0 Å². The first-order chi connectivity index (χ1) is 11.5. The molecule has 0 amide bonds. The molecule has 25 heavy (non-hydrogen) atoms. The van der Waals surface area contributed by atoms with E-state index in [-0.39, 0.29) is 5.97 Å². The molecule has 0 N–H and O–H groups in total. The lowest BCUT2D eigenvalue weighted by Gasteiger charge is -2.08. The van der Waals surface area contributed by atoms with Crippen molar-refractivity contribution in [3.05, 3.63) is 66.0 Å². The number of halogens is 3. The number of methoxy groups -OCH3 is 1. The van der Waals surface area contributed by atoms with Crippen molar-refractivity contribution in [2.24, 2.45) is 0 Å². The van der Waals surface area contributed by atoms with E-state index in [0.29, 0.717) is 5.56 Å². The highest BCUT2D eigenvalue weighted by Gasteiger charge is 2.36. The number of ether oxygens (including phenoxy) is 1. The number of benzene rings is 1. The van der Waals surface area contributed by atoms with Crippen molar-refractivity contribution in [2.45, 2.75) is 12.1 Å². The number of nitrogens with zero attached hydrogens (tertiary/aromatic N) is 1. The van der Waals surface area contributed by atoms with E-state index in [0.717, 1.165) is 6.54 Å². The fourth-order valence-corrected chi connectivity index (χ4v) is 1.65. The van der Waals surface area contributed by atoms with E-state index in [4.69, 9.17) is 13.0 Å². The molecule has 2 rings (SSSR count). The molecule has 136 valence electrons. The Kier molecular flexibility index (Phi) is 7.07. The SMILES string of the molecule is COC(=O)c1ccc[n+](Cc2ccccc2)c1.O=S(=O)([O-])C(F)(F)F. The first-order valence-corrected chi connectivity index (χ1v) is 8.09. The summed E-state index contributed by atoms with van der Waals surface area (Å²) in [5, 5.41) is 0. The van der Waals surface area contributed by atoms with Crippen LogP contribution in [-0.2, 0) is 21.4 Å². The Bertz CT molecular complexity index is 807. The van der Waals surface area contributed by atoms with Gasteiger partial charge in [-0.3, -0.25) is 0 Å². The lowest BCUT2D eigenvalue weighted by atomic mass is 10.2. The number of aromatic nitrogens is 1. The molecule has 0 saturated carbocycles. The maximum Gasteiger partial charge on any atom is 0.485 e. The Morgan fingerprint density at radius 3 is 2.20 bits per heavy atom. The third-order valence-electron chi connectivity index (χ3n) is 2.77. The van der Waals surface area contributed by atoms with Crippen LogP contribution in [0, 0.1) is 0 Å². The predicted molar refractivity (Wildman–Crippen MR) is 79.3 cm³/mol. The van der Waals surface area contributed by atoms with E-state index in [1.54, 1.807) is 12.3 Å². The van der Waals surface area contributed by atoms with Gasteiger partial charge in [0, 0.05) is 11.6 Å². The van der Waals surface area contributed by atoms with E-state index >= 15 is 0 Å². The van der Waals surface area contributed by atoms with Gasteiger partial charge in [0.15, 0.2) is 29.1 Å². The largest absolute Gasteiger partial charge is 0.741 e. The molecule has 0 aliphatic carbocycles. The van der Waals surface area contributed by atoms with E-state index < -0.39 is 15.6 Å². The second-order valence-electron chi connectivity index (χ2n) is 4.64. The second-order valence-corrected chi connectivity index (χ2v) is 6.01. The van der Waals surface area contributed by atoms with Gasteiger partial charge in [0.2, 0.25) is 0 Å². The van der Waals surface area contributed by atoms with E-state index in [2.05, 4.69) is 16.9 Å². The van der Waals surface area contributed by atoms with E-state index in [9.17, 15) is 18.0 Å². The number of hydrogen-bond acceptors (Lipinski definition) is 5. The van der Waals surface area contributed by atoms with Gasteiger partial charge in [-0.15, -0.1) is 0 Å². The molecule has 0 aliphatic rings. The van der Waals surface area contributed by atoms with Gasteiger partial charge in [-0.1, -0.05) is 30.3 Å². The van der Waals surface area contributed by atoms with Crippen LogP contribution in [0.3, 0.4) is 0 Å². The summed E-state index contributed by atoms with van der Waals surface area (Å²) in [4.78, 5) is 11.4. The van der Waals surface area contributed by atoms with Gasteiger partial charge < -0.3 is 9.29 Å². The first-order valence-electron chi connectivity index (χ1n) is 6.68. The van der Waals surface area contributed by atoms with Crippen LogP contribution in [0.4, 0.5) is 13.2 Å². The van der Waals surface area contributed by atoms with E-state index in [1.165, 1.54) is 12.7 Å². The smallest absolute Gasteiger partial charge is 0.485 e. The standard InChI is InChI=1S/C14H14NO2.CHF3O3S/c1-17-14(16)13-8-5-9-15(11-13)10-12-6-3-2-4-7-12;2-1(3,4)8(5,6)7/h2-9,11H,10H2,1H3;(H,5,6,7)/q+1;/p-1. The second kappa shape index (κ2) is 8.58. The zero-order chi connectivity index (χ0) is 19.1. The highest BCUT2D eigenvalue weighted by Crippen LogP contribution is 2.20. The molecule has 0 bridgehead atoms. The molecule has 0 atom stereocenters. The van der Waals surface area contributed by atoms with Crippen LogP contribution in [0.5, 0.6) is 0 Å². The highest BCUT2D eigenvalue weighted by molar-refractivity contribution is 7.86. The molecule has 10 heteroatoms. The fraction of sp³-hybridized carbons (Fsp3) is 0.200. The summed E-state index contributed by atoms with van der Waals surface area (Å²) >= 11 is 0. The quantitative estimate of drug-likeness (QED) is 0.353. The Morgan fingerprint density at radius 1 is 1.16 bits per heavy atom. The average molecular weight is 377 g/mol. The summed E-state index contributed by atoms with van der Waals surface area (Å²) in [6.45, 7) is 0.742. The number of carbonyl (C=O) groups is 1. The minimum absolute atomic E-state index is 0.313. The first kappa shape index (κ1) is 20.6. The van der Waals surface area contributed by atoms with Crippen LogP contribution >= 0.6 is 0 Å². The number of rotatable bonds is 3. The number of pyridine rings is 1. The van der Waals surface area contributed by atoms with Crippen molar-refractivity contribution in [3.8, 4) is 0 Å². The van der Waals surface area contributed by atoms with Gasteiger partial charge in [0.1, 0.15) is 5.56 Å². The molecule has 2 aromatic rings. The van der Waals surface area contributed by atoms with Crippen molar-refractivity contribution >= 4 is 16.1 Å². The van der Waals surface area contributed by atoms with Gasteiger partial charge in [0.25, 0.3) is 0 Å². The zero-order valence-corrected chi connectivity index (χ0v) is 13.8. The van der Waals surface area contributed by atoms with Crippen LogP contribution in [0.1, 0.15) is 15.9 Å². The zero-order valence-electron chi connectivity index (χ0n) is 12.9. The third kappa shape index (κ3) is 6.89. The predicted octanol–water partition coefficient (Wildman–Crippen LogP) is 1.86. The number of esters is 1. The molecule has 0 saturated heterocycles. The number of carbonyl (C=O) groups excluding carboxylic acids is 1. The van der Waals surface area contributed by atoms with Crippen LogP contribution in [-0.4, -0.2) is 31.6 Å². The normalized spacial score (nSPS) is 11.2.